The Hall–Kier alpha value is -1.59. The molecule has 1 aliphatic rings. The van der Waals surface area contributed by atoms with Gasteiger partial charge in [-0.1, -0.05) is 25.1 Å². The van der Waals surface area contributed by atoms with Crippen LogP contribution >= 0.6 is 0 Å². The minimum atomic E-state index is -0.256. The molecule has 116 valence electrons. The summed E-state index contributed by atoms with van der Waals surface area (Å²) in [6.07, 6.45) is 1.01. The first-order valence-corrected chi connectivity index (χ1v) is 7.75. The third kappa shape index (κ3) is 4.72. The van der Waals surface area contributed by atoms with Gasteiger partial charge >= 0.3 is 0 Å². The van der Waals surface area contributed by atoms with Crippen molar-refractivity contribution in [1.29, 1.82) is 0 Å². The van der Waals surface area contributed by atoms with Crippen LogP contribution in [0.5, 0.6) is 0 Å². The second-order valence-electron chi connectivity index (χ2n) is 5.53. The van der Waals surface area contributed by atoms with Gasteiger partial charge in [-0.3, -0.25) is 9.69 Å². The number of anilines is 1. The molecular formula is C16H26N4O. The average molecular weight is 290 g/mol. The van der Waals surface area contributed by atoms with Crippen LogP contribution in [0.4, 0.5) is 5.69 Å². The van der Waals surface area contributed by atoms with Crippen molar-refractivity contribution in [1.82, 2.24) is 10.2 Å². The fourth-order valence-corrected chi connectivity index (χ4v) is 2.66. The molecule has 1 aromatic rings. The molecule has 1 atom stereocenters. The van der Waals surface area contributed by atoms with E-state index in [0.717, 1.165) is 39.1 Å². The molecule has 21 heavy (non-hydrogen) atoms. The number of amides is 1. The lowest BCUT2D eigenvalue weighted by Crippen LogP contribution is -2.54. The van der Waals surface area contributed by atoms with Crippen molar-refractivity contribution in [3.8, 4) is 0 Å². The SMILES string of the molecule is CCCNC(CN1CCN(c2ccccc2)CC1)C(N)=O. The molecular weight excluding hydrogens is 264 g/mol. The number of hydrogen-bond donors (Lipinski definition) is 2. The van der Waals surface area contributed by atoms with Gasteiger partial charge in [0.2, 0.25) is 5.91 Å². The molecule has 0 spiro atoms. The summed E-state index contributed by atoms with van der Waals surface area (Å²) in [4.78, 5) is 16.2. The minimum absolute atomic E-state index is 0.242. The summed E-state index contributed by atoms with van der Waals surface area (Å²) in [5.74, 6) is -0.256. The lowest BCUT2D eigenvalue weighted by molar-refractivity contribution is -0.120. The van der Waals surface area contributed by atoms with Crippen LogP contribution in [0.15, 0.2) is 30.3 Å². The largest absolute Gasteiger partial charge is 0.369 e. The number of piperazine rings is 1. The zero-order chi connectivity index (χ0) is 15.1. The molecule has 1 aliphatic heterocycles. The molecule has 0 aromatic heterocycles. The highest BCUT2D eigenvalue weighted by molar-refractivity contribution is 5.80. The smallest absolute Gasteiger partial charge is 0.235 e. The Morgan fingerprint density at radius 1 is 1.24 bits per heavy atom. The van der Waals surface area contributed by atoms with Crippen LogP contribution in [0.1, 0.15) is 13.3 Å². The van der Waals surface area contributed by atoms with Crippen molar-refractivity contribution in [2.24, 2.45) is 5.73 Å². The number of nitrogens with zero attached hydrogens (tertiary/aromatic N) is 2. The maximum absolute atomic E-state index is 11.5. The van der Waals surface area contributed by atoms with Crippen molar-refractivity contribution in [3.05, 3.63) is 30.3 Å². The van der Waals surface area contributed by atoms with Gasteiger partial charge in [0.1, 0.15) is 0 Å². The number of carbonyl (C=O) groups excluding carboxylic acids is 1. The second kappa shape index (κ2) is 8.00. The van der Waals surface area contributed by atoms with E-state index in [9.17, 15) is 4.79 Å². The lowest BCUT2D eigenvalue weighted by Gasteiger charge is -2.37. The van der Waals surface area contributed by atoms with E-state index in [1.807, 2.05) is 6.07 Å². The van der Waals surface area contributed by atoms with Gasteiger partial charge in [-0.2, -0.15) is 0 Å². The highest BCUT2D eigenvalue weighted by atomic mass is 16.1. The summed E-state index contributed by atoms with van der Waals surface area (Å²) in [5, 5.41) is 3.23. The number of rotatable bonds is 7. The number of nitrogens with one attached hydrogen (secondary N) is 1. The molecule has 5 heteroatoms. The zero-order valence-electron chi connectivity index (χ0n) is 12.8. The van der Waals surface area contributed by atoms with Gasteiger partial charge < -0.3 is 16.0 Å². The summed E-state index contributed by atoms with van der Waals surface area (Å²) in [7, 11) is 0. The summed E-state index contributed by atoms with van der Waals surface area (Å²) >= 11 is 0. The number of primary amides is 1. The van der Waals surface area contributed by atoms with Crippen LogP contribution in [0.25, 0.3) is 0 Å². The highest BCUT2D eigenvalue weighted by Crippen LogP contribution is 2.15. The molecule has 0 radical (unpaired) electrons. The molecule has 2 rings (SSSR count). The first kappa shape index (κ1) is 15.8. The predicted octanol–water partition coefficient (Wildman–Crippen LogP) is 0.662. The lowest BCUT2D eigenvalue weighted by atomic mass is 10.2. The summed E-state index contributed by atoms with van der Waals surface area (Å²) < 4.78 is 0. The molecule has 0 bridgehead atoms. The van der Waals surface area contributed by atoms with E-state index in [-0.39, 0.29) is 11.9 Å². The van der Waals surface area contributed by atoms with Crippen LogP contribution in [-0.2, 0) is 4.79 Å². The summed E-state index contributed by atoms with van der Waals surface area (Å²) in [5.41, 5.74) is 6.75. The van der Waals surface area contributed by atoms with Gasteiger partial charge in [-0.15, -0.1) is 0 Å². The van der Waals surface area contributed by atoms with Crippen molar-refractivity contribution in [3.63, 3.8) is 0 Å². The van der Waals surface area contributed by atoms with Crippen LogP contribution in [0.3, 0.4) is 0 Å². The monoisotopic (exact) mass is 290 g/mol. The van der Waals surface area contributed by atoms with Crippen molar-refractivity contribution < 1.29 is 4.79 Å². The third-order valence-electron chi connectivity index (χ3n) is 3.92. The van der Waals surface area contributed by atoms with Crippen molar-refractivity contribution in [2.45, 2.75) is 19.4 Å². The fourth-order valence-electron chi connectivity index (χ4n) is 2.66. The van der Waals surface area contributed by atoms with Gasteiger partial charge in [0.05, 0.1) is 6.04 Å². The Morgan fingerprint density at radius 2 is 1.90 bits per heavy atom. The molecule has 1 saturated heterocycles. The highest BCUT2D eigenvalue weighted by Gasteiger charge is 2.22. The van der Waals surface area contributed by atoms with Gasteiger partial charge in [-0.05, 0) is 25.1 Å². The van der Waals surface area contributed by atoms with E-state index in [1.165, 1.54) is 5.69 Å². The van der Waals surface area contributed by atoms with Gasteiger partial charge in [0.15, 0.2) is 0 Å². The van der Waals surface area contributed by atoms with Gasteiger partial charge in [0.25, 0.3) is 0 Å². The van der Waals surface area contributed by atoms with Gasteiger partial charge in [0, 0.05) is 38.4 Å². The predicted molar refractivity (Wildman–Crippen MR) is 86.4 cm³/mol. The maximum atomic E-state index is 11.5. The Balaban J connectivity index is 1.81. The third-order valence-corrected chi connectivity index (χ3v) is 3.92. The van der Waals surface area contributed by atoms with E-state index >= 15 is 0 Å². The van der Waals surface area contributed by atoms with Crippen LogP contribution in [-0.4, -0.2) is 56.1 Å². The first-order chi connectivity index (χ1) is 10.2. The maximum Gasteiger partial charge on any atom is 0.235 e. The fraction of sp³-hybridized carbons (Fsp3) is 0.562. The number of carbonyl (C=O) groups is 1. The van der Waals surface area contributed by atoms with Crippen LogP contribution in [0, 0.1) is 0 Å². The standard InChI is InChI=1S/C16H26N4O/c1-2-8-18-15(16(17)21)13-19-9-11-20(12-10-19)14-6-4-3-5-7-14/h3-7,15,18H,2,8-13H2,1H3,(H2,17,21). The average Bonchev–Trinajstić information content (AvgIpc) is 2.52. The van der Waals surface area contributed by atoms with E-state index in [0.29, 0.717) is 6.54 Å². The van der Waals surface area contributed by atoms with Crippen LogP contribution < -0.4 is 16.0 Å². The molecule has 1 heterocycles. The Labute approximate surface area is 127 Å². The minimum Gasteiger partial charge on any atom is -0.369 e. The number of hydrogen-bond acceptors (Lipinski definition) is 4. The van der Waals surface area contributed by atoms with Crippen molar-refractivity contribution in [2.75, 3.05) is 44.2 Å². The quantitative estimate of drug-likeness (QED) is 0.774. The topological polar surface area (TPSA) is 61.6 Å². The Bertz CT molecular complexity index is 429. The number of nitrogens with two attached hydrogens (primary N) is 1. The molecule has 0 aliphatic carbocycles. The molecule has 0 saturated carbocycles. The first-order valence-electron chi connectivity index (χ1n) is 7.75. The molecule has 3 N–H and O–H groups in total. The molecule has 5 nitrogen and oxygen atoms in total. The van der Waals surface area contributed by atoms with E-state index in [1.54, 1.807) is 0 Å². The Morgan fingerprint density at radius 3 is 2.48 bits per heavy atom. The molecule has 1 amide bonds. The van der Waals surface area contributed by atoms with Gasteiger partial charge in [-0.25, -0.2) is 0 Å². The molecule has 1 unspecified atom stereocenters. The summed E-state index contributed by atoms with van der Waals surface area (Å²) in [6.45, 7) is 7.53. The number of benzene rings is 1. The Kier molecular flexibility index (Phi) is 6.02. The molecule has 1 aromatic carbocycles. The van der Waals surface area contributed by atoms with Crippen LogP contribution in [0.2, 0.25) is 0 Å². The second-order valence-corrected chi connectivity index (χ2v) is 5.53. The summed E-state index contributed by atoms with van der Waals surface area (Å²) in [6, 6.07) is 10.2. The van der Waals surface area contributed by atoms with E-state index in [4.69, 9.17) is 5.73 Å². The van der Waals surface area contributed by atoms with E-state index in [2.05, 4.69) is 46.3 Å². The normalized spacial score (nSPS) is 17.7. The molecule has 1 fully saturated rings. The number of para-hydroxylation sites is 1. The van der Waals surface area contributed by atoms with Crippen molar-refractivity contribution >= 4 is 11.6 Å². The van der Waals surface area contributed by atoms with E-state index < -0.39 is 0 Å². The zero-order valence-corrected chi connectivity index (χ0v) is 12.8.